The van der Waals surface area contributed by atoms with Crippen LogP contribution < -0.4 is 0 Å². The summed E-state index contributed by atoms with van der Waals surface area (Å²) in [5.41, 5.74) is 2.63. The predicted molar refractivity (Wildman–Crippen MR) is 52.3 cm³/mol. The number of aryl methyl sites for hydroxylation is 2. The number of benzene rings is 2. The zero-order chi connectivity index (χ0) is 8.55. The summed E-state index contributed by atoms with van der Waals surface area (Å²) in [5.74, 6) is 0. The Kier molecular flexibility index (Phi) is 1.61. The van der Waals surface area contributed by atoms with Gasteiger partial charge in [0.05, 0.1) is 0 Å². The van der Waals surface area contributed by atoms with Crippen LogP contribution in [0.15, 0.2) is 30.3 Å². The Morgan fingerprint density at radius 1 is 1.00 bits per heavy atom. The molecule has 0 saturated heterocycles. The molecule has 12 heavy (non-hydrogen) atoms. The van der Waals surface area contributed by atoms with E-state index in [9.17, 15) is 0 Å². The maximum Gasteiger partial charge on any atom is -0.00732 e. The molecule has 2 rings (SSSR count). The Morgan fingerprint density at radius 3 is 2.58 bits per heavy atom. The van der Waals surface area contributed by atoms with Gasteiger partial charge in [0.25, 0.3) is 0 Å². The summed E-state index contributed by atoms with van der Waals surface area (Å²) in [6.07, 6.45) is 0. The minimum Gasteiger partial charge on any atom is -0.0614 e. The van der Waals surface area contributed by atoms with E-state index in [0.29, 0.717) is 0 Å². The van der Waals surface area contributed by atoms with Crippen molar-refractivity contribution in [3.8, 4) is 0 Å². The van der Waals surface area contributed by atoms with E-state index in [0.717, 1.165) is 0 Å². The molecule has 0 atom stereocenters. The van der Waals surface area contributed by atoms with Crippen molar-refractivity contribution in [2.24, 2.45) is 0 Å². The van der Waals surface area contributed by atoms with Gasteiger partial charge in [-0.15, -0.1) is 0 Å². The van der Waals surface area contributed by atoms with Crippen LogP contribution in [-0.2, 0) is 0 Å². The summed E-state index contributed by atoms with van der Waals surface area (Å²) < 4.78 is 0. The van der Waals surface area contributed by atoms with Gasteiger partial charge in [-0.25, -0.2) is 0 Å². The molecule has 1 radical (unpaired) electrons. The van der Waals surface area contributed by atoms with Gasteiger partial charge in [0.1, 0.15) is 0 Å². The lowest BCUT2D eigenvalue weighted by Gasteiger charge is -2.02. The first-order valence-electron chi connectivity index (χ1n) is 4.15. The summed E-state index contributed by atoms with van der Waals surface area (Å²) in [6, 6.07) is 13.7. The van der Waals surface area contributed by atoms with Gasteiger partial charge in [0, 0.05) is 0 Å². The van der Waals surface area contributed by atoms with Crippen LogP contribution in [0.5, 0.6) is 0 Å². The molecule has 0 nitrogen and oxygen atoms in total. The third-order valence-electron chi connectivity index (χ3n) is 2.26. The molecule has 2 aromatic carbocycles. The van der Waals surface area contributed by atoms with Crippen LogP contribution in [0, 0.1) is 19.9 Å². The lowest BCUT2D eigenvalue weighted by Crippen LogP contribution is -1.80. The fourth-order valence-electron chi connectivity index (χ4n) is 1.53. The van der Waals surface area contributed by atoms with E-state index in [-0.39, 0.29) is 0 Å². The molecule has 0 aliphatic carbocycles. The van der Waals surface area contributed by atoms with Crippen LogP contribution in [0.3, 0.4) is 0 Å². The minimum atomic E-state index is 1.25. The molecule has 0 amide bonds. The van der Waals surface area contributed by atoms with E-state index in [2.05, 4.69) is 44.2 Å². The summed E-state index contributed by atoms with van der Waals surface area (Å²) in [5, 5.41) is 2.56. The smallest absolute Gasteiger partial charge is 0.00732 e. The Labute approximate surface area is 72.8 Å². The molecular weight excluding hydrogens is 144 g/mol. The lowest BCUT2D eigenvalue weighted by molar-refractivity contribution is 1.48. The third-order valence-corrected chi connectivity index (χ3v) is 2.26. The molecule has 0 bridgehead atoms. The van der Waals surface area contributed by atoms with Crippen molar-refractivity contribution in [3.63, 3.8) is 0 Å². The highest BCUT2D eigenvalue weighted by Crippen LogP contribution is 2.20. The molecule has 2 aromatic rings. The highest BCUT2D eigenvalue weighted by Gasteiger charge is 1.97. The monoisotopic (exact) mass is 155 g/mol. The van der Waals surface area contributed by atoms with Crippen molar-refractivity contribution >= 4 is 10.8 Å². The molecule has 0 heteroatoms. The second kappa shape index (κ2) is 2.63. The minimum absolute atomic E-state index is 1.25. The second-order valence-electron chi connectivity index (χ2n) is 3.16. The fraction of sp³-hybridized carbons (Fsp3) is 0.167. The molecule has 0 fully saturated rings. The zero-order valence-corrected chi connectivity index (χ0v) is 7.39. The number of rotatable bonds is 0. The summed E-state index contributed by atoms with van der Waals surface area (Å²) in [6.45, 7) is 4.26. The summed E-state index contributed by atoms with van der Waals surface area (Å²) in [4.78, 5) is 0. The van der Waals surface area contributed by atoms with E-state index in [1.54, 1.807) is 0 Å². The van der Waals surface area contributed by atoms with E-state index in [1.807, 2.05) is 6.07 Å². The van der Waals surface area contributed by atoms with E-state index in [4.69, 9.17) is 0 Å². The Balaban J connectivity index is 2.94. The SMILES string of the molecule is Cc1cccc2c(C)cc[c]c12. The summed E-state index contributed by atoms with van der Waals surface area (Å²) in [7, 11) is 0. The first-order valence-corrected chi connectivity index (χ1v) is 4.15. The average Bonchev–Trinajstić information content (AvgIpc) is 2.07. The van der Waals surface area contributed by atoms with Crippen molar-refractivity contribution in [2.75, 3.05) is 0 Å². The zero-order valence-electron chi connectivity index (χ0n) is 7.39. The van der Waals surface area contributed by atoms with E-state index < -0.39 is 0 Å². The third kappa shape index (κ3) is 1.00. The first-order chi connectivity index (χ1) is 5.79. The van der Waals surface area contributed by atoms with Gasteiger partial charge in [0.2, 0.25) is 0 Å². The summed E-state index contributed by atoms with van der Waals surface area (Å²) >= 11 is 0. The van der Waals surface area contributed by atoms with Gasteiger partial charge >= 0.3 is 0 Å². The predicted octanol–water partition coefficient (Wildman–Crippen LogP) is 3.26. The average molecular weight is 155 g/mol. The Hall–Kier alpha value is -1.30. The maximum absolute atomic E-state index is 3.26. The van der Waals surface area contributed by atoms with Crippen molar-refractivity contribution in [1.82, 2.24) is 0 Å². The molecule has 0 heterocycles. The van der Waals surface area contributed by atoms with E-state index >= 15 is 0 Å². The Morgan fingerprint density at radius 2 is 1.83 bits per heavy atom. The van der Waals surface area contributed by atoms with Gasteiger partial charge in [-0.1, -0.05) is 30.3 Å². The van der Waals surface area contributed by atoms with Crippen molar-refractivity contribution in [1.29, 1.82) is 0 Å². The van der Waals surface area contributed by atoms with Crippen LogP contribution >= 0.6 is 0 Å². The molecule has 0 spiro atoms. The van der Waals surface area contributed by atoms with Gasteiger partial charge in [0.15, 0.2) is 0 Å². The molecule has 0 aliphatic rings. The van der Waals surface area contributed by atoms with Crippen molar-refractivity contribution < 1.29 is 0 Å². The highest BCUT2D eigenvalue weighted by atomic mass is 14.0. The van der Waals surface area contributed by atoms with Crippen LogP contribution in [0.4, 0.5) is 0 Å². The molecule has 0 saturated carbocycles. The second-order valence-corrected chi connectivity index (χ2v) is 3.16. The van der Waals surface area contributed by atoms with Gasteiger partial charge in [-0.3, -0.25) is 0 Å². The van der Waals surface area contributed by atoms with E-state index in [1.165, 1.54) is 21.9 Å². The van der Waals surface area contributed by atoms with Crippen LogP contribution in [0.1, 0.15) is 11.1 Å². The normalized spacial score (nSPS) is 10.5. The quantitative estimate of drug-likeness (QED) is 0.547. The topological polar surface area (TPSA) is 0 Å². The van der Waals surface area contributed by atoms with Crippen molar-refractivity contribution in [3.05, 3.63) is 47.5 Å². The fourth-order valence-corrected chi connectivity index (χ4v) is 1.53. The molecule has 0 aliphatic heterocycles. The molecule has 59 valence electrons. The van der Waals surface area contributed by atoms with Gasteiger partial charge in [-0.05, 0) is 41.8 Å². The lowest BCUT2D eigenvalue weighted by atomic mass is 10.0. The number of hydrogen-bond acceptors (Lipinski definition) is 0. The maximum atomic E-state index is 3.26. The van der Waals surface area contributed by atoms with Crippen LogP contribution in [-0.4, -0.2) is 0 Å². The molecule has 0 aromatic heterocycles. The number of hydrogen-bond donors (Lipinski definition) is 0. The van der Waals surface area contributed by atoms with Crippen molar-refractivity contribution in [2.45, 2.75) is 13.8 Å². The van der Waals surface area contributed by atoms with Gasteiger partial charge < -0.3 is 0 Å². The molecule has 0 N–H and O–H groups in total. The highest BCUT2D eigenvalue weighted by molar-refractivity contribution is 5.87. The molecular formula is C12H11. The standard InChI is InChI=1S/C12H11/c1-9-5-3-8-12-10(2)6-4-7-11(9)12/h3-7H,1-2H3. The van der Waals surface area contributed by atoms with Gasteiger partial charge in [-0.2, -0.15) is 0 Å². The largest absolute Gasteiger partial charge is 0.0614 e. The Bertz CT molecular complexity index is 372. The van der Waals surface area contributed by atoms with Crippen LogP contribution in [0.25, 0.3) is 10.8 Å². The molecule has 0 unspecified atom stereocenters. The first kappa shape index (κ1) is 7.35. The number of fused-ring (bicyclic) bond motifs is 1. The van der Waals surface area contributed by atoms with Crippen LogP contribution in [0.2, 0.25) is 0 Å².